The maximum absolute atomic E-state index is 13.7. The highest BCUT2D eigenvalue weighted by Gasteiger charge is 2.20. The Bertz CT molecular complexity index is 750. The van der Waals surface area contributed by atoms with Crippen molar-refractivity contribution in [3.63, 3.8) is 0 Å². The molecule has 1 aromatic heterocycles. The molecule has 27 heavy (non-hydrogen) atoms. The zero-order valence-corrected chi connectivity index (χ0v) is 17.4. The van der Waals surface area contributed by atoms with Crippen LogP contribution in [0.4, 0.5) is 8.78 Å². The van der Waals surface area contributed by atoms with Crippen LogP contribution in [0.2, 0.25) is 0 Å². The summed E-state index contributed by atoms with van der Waals surface area (Å²) in [4.78, 5) is 16.0. The molecular weight excluding hydrogens is 392 g/mol. The molecule has 0 aliphatic heterocycles. The molecule has 0 aliphatic carbocycles. The summed E-state index contributed by atoms with van der Waals surface area (Å²) in [6.45, 7) is 14.1. The zero-order chi connectivity index (χ0) is 21.0. The van der Waals surface area contributed by atoms with E-state index in [2.05, 4.69) is 48.3 Å². The molecule has 0 fully saturated rings. The van der Waals surface area contributed by atoms with Crippen molar-refractivity contribution in [3.8, 4) is 0 Å². The van der Waals surface area contributed by atoms with Crippen LogP contribution >= 0.6 is 23.3 Å². The second-order valence-electron chi connectivity index (χ2n) is 4.73. The monoisotopic (exact) mass is 415 g/mol. The number of aromatic nitrogens is 2. The first-order chi connectivity index (χ1) is 12.8. The van der Waals surface area contributed by atoms with Crippen molar-refractivity contribution >= 4 is 34.8 Å². The normalized spacial score (nSPS) is 11.9. The minimum Gasteiger partial charge on any atom is -0.488 e. The number of methoxy groups -OCH3 is 1. The molecule has 1 aromatic rings. The number of thioether (sulfide) groups is 1. The number of amides is 1. The molecule has 0 radical (unpaired) electrons. The molecule has 0 aromatic carbocycles. The molecule has 0 saturated heterocycles. The lowest BCUT2D eigenvalue weighted by molar-refractivity contribution is 0.0956. The van der Waals surface area contributed by atoms with Gasteiger partial charge in [0.15, 0.2) is 10.1 Å². The minimum atomic E-state index is -1.04. The predicted octanol–water partition coefficient (Wildman–Crippen LogP) is 5.40. The second kappa shape index (κ2) is 13.0. The van der Waals surface area contributed by atoms with E-state index in [1.54, 1.807) is 6.26 Å². The summed E-state index contributed by atoms with van der Waals surface area (Å²) >= 11 is 1.93. The van der Waals surface area contributed by atoms with Gasteiger partial charge in [0, 0.05) is 0 Å². The first-order valence-corrected chi connectivity index (χ1v) is 9.77. The Morgan fingerprint density at radius 1 is 1.33 bits per heavy atom. The van der Waals surface area contributed by atoms with Crippen LogP contribution in [0.25, 0.3) is 5.57 Å². The summed E-state index contributed by atoms with van der Waals surface area (Å²) < 4.78 is 36.0. The van der Waals surface area contributed by atoms with Gasteiger partial charge in [0.1, 0.15) is 11.7 Å². The predicted molar refractivity (Wildman–Crippen MR) is 110 cm³/mol. The molecule has 1 amide bonds. The largest absolute Gasteiger partial charge is 0.488 e. The Kier molecular flexibility index (Phi) is 11.9. The van der Waals surface area contributed by atoms with E-state index in [9.17, 15) is 13.6 Å². The summed E-state index contributed by atoms with van der Waals surface area (Å²) in [6.07, 6.45) is 5.23. The number of ether oxygens (including phenoxy) is 1. The van der Waals surface area contributed by atoms with Gasteiger partial charge < -0.3 is 10.1 Å². The van der Waals surface area contributed by atoms with Crippen molar-refractivity contribution < 1.29 is 18.3 Å². The minimum absolute atomic E-state index is 0.119. The van der Waals surface area contributed by atoms with Crippen molar-refractivity contribution in [2.45, 2.75) is 20.3 Å². The molecule has 1 N–H and O–H groups in total. The SMILES string of the molecule is C=C/C(F)=C(\C(=C)F)c1nc(C(=O)N/C(C=C)=C(\OC)SC)ns1.CCC. The summed E-state index contributed by atoms with van der Waals surface area (Å²) in [7, 11) is 1.45. The van der Waals surface area contributed by atoms with E-state index in [-0.39, 0.29) is 10.8 Å². The number of allylic oxidation sites excluding steroid dienone is 5. The average Bonchev–Trinajstić information content (AvgIpc) is 3.11. The molecule has 0 unspecified atom stereocenters. The standard InChI is InChI=1S/C15H15F2N3O2S2.C3H8/c1-6-9(17)11(8(3)16)14-19-12(20-24-14)13(21)18-10(7-2)15(22-4)23-5;1-3-2/h6-7H,1-3H2,4-5H3,(H,18,21);3H2,1-2H3/b11-9-,15-10+;. The topological polar surface area (TPSA) is 64.1 Å². The third-order valence-corrected chi connectivity index (χ3v) is 4.07. The van der Waals surface area contributed by atoms with Gasteiger partial charge in [-0.2, -0.15) is 4.37 Å². The molecule has 0 aliphatic rings. The van der Waals surface area contributed by atoms with Gasteiger partial charge in [0.2, 0.25) is 5.82 Å². The Hall–Kier alpha value is -2.26. The van der Waals surface area contributed by atoms with Crippen LogP contribution in [-0.2, 0) is 4.74 Å². The number of carbonyl (C=O) groups excluding carboxylic acids is 1. The number of carbonyl (C=O) groups is 1. The fourth-order valence-electron chi connectivity index (χ4n) is 1.53. The molecule has 0 spiro atoms. The Balaban J connectivity index is 0.00000210. The van der Waals surface area contributed by atoms with E-state index in [4.69, 9.17) is 4.74 Å². The van der Waals surface area contributed by atoms with Gasteiger partial charge >= 0.3 is 0 Å². The van der Waals surface area contributed by atoms with Gasteiger partial charge in [-0.05, 0) is 29.9 Å². The zero-order valence-electron chi connectivity index (χ0n) is 15.8. The summed E-state index contributed by atoms with van der Waals surface area (Å²) in [5.74, 6) is -2.90. The highest BCUT2D eigenvalue weighted by atomic mass is 32.2. The van der Waals surface area contributed by atoms with Gasteiger partial charge in [-0.25, -0.2) is 13.8 Å². The second-order valence-corrected chi connectivity index (χ2v) is 6.26. The van der Waals surface area contributed by atoms with E-state index in [1.807, 2.05) is 0 Å². The van der Waals surface area contributed by atoms with E-state index < -0.39 is 23.1 Å². The molecule has 1 rings (SSSR count). The van der Waals surface area contributed by atoms with Crippen molar-refractivity contribution in [3.05, 3.63) is 65.2 Å². The van der Waals surface area contributed by atoms with Crippen LogP contribution in [0, 0.1) is 0 Å². The van der Waals surface area contributed by atoms with Gasteiger partial charge in [0.25, 0.3) is 5.91 Å². The van der Waals surface area contributed by atoms with Crippen molar-refractivity contribution in [1.82, 2.24) is 14.7 Å². The average molecular weight is 416 g/mol. The third-order valence-electron chi connectivity index (χ3n) is 2.58. The fraction of sp³-hybridized carbons (Fsp3) is 0.278. The summed E-state index contributed by atoms with van der Waals surface area (Å²) in [6, 6.07) is 0. The van der Waals surface area contributed by atoms with Crippen LogP contribution in [0.3, 0.4) is 0 Å². The van der Waals surface area contributed by atoms with Crippen LogP contribution in [-0.4, -0.2) is 28.6 Å². The number of hydrogen-bond acceptors (Lipinski definition) is 6. The van der Waals surface area contributed by atoms with Crippen LogP contribution in [0.15, 0.2) is 54.3 Å². The van der Waals surface area contributed by atoms with Gasteiger partial charge in [0.05, 0.1) is 18.4 Å². The maximum Gasteiger partial charge on any atom is 0.294 e. The summed E-state index contributed by atoms with van der Waals surface area (Å²) in [5, 5.41) is 2.84. The lowest BCUT2D eigenvalue weighted by atomic mass is 10.2. The van der Waals surface area contributed by atoms with E-state index in [0.29, 0.717) is 22.3 Å². The first-order valence-electron chi connectivity index (χ1n) is 7.78. The molecule has 5 nitrogen and oxygen atoms in total. The quantitative estimate of drug-likeness (QED) is 0.455. The number of rotatable bonds is 8. The van der Waals surface area contributed by atoms with Gasteiger partial charge in [-0.15, -0.1) is 0 Å². The fourth-order valence-corrected chi connectivity index (χ4v) is 2.78. The smallest absolute Gasteiger partial charge is 0.294 e. The number of nitrogens with one attached hydrogen (secondary N) is 1. The van der Waals surface area contributed by atoms with Crippen LogP contribution in [0.1, 0.15) is 35.9 Å². The molecule has 0 saturated carbocycles. The van der Waals surface area contributed by atoms with Gasteiger partial charge in [-0.1, -0.05) is 51.8 Å². The Morgan fingerprint density at radius 3 is 2.33 bits per heavy atom. The van der Waals surface area contributed by atoms with Crippen LogP contribution in [0.5, 0.6) is 0 Å². The number of hydrogen-bond donors (Lipinski definition) is 1. The van der Waals surface area contributed by atoms with Crippen molar-refractivity contribution in [2.24, 2.45) is 0 Å². The molecular formula is C18H23F2N3O2S2. The Morgan fingerprint density at radius 2 is 1.93 bits per heavy atom. The number of nitrogens with zero attached hydrogens (tertiary/aromatic N) is 2. The number of halogens is 2. The van der Waals surface area contributed by atoms with E-state index in [0.717, 1.165) is 6.08 Å². The van der Waals surface area contributed by atoms with E-state index >= 15 is 0 Å². The molecule has 0 atom stereocenters. The lowest BCUT2D eigenvalue weighted by Crippen LogP contribution is -2.24. The highest BCUT2D eigenvalue weighted by Crippen LogP contribution is 2.29. The first kappa shape index (κ1) is 24.7. The van der Waals surface area contributed by atoms with E-state index in [1.165, 1.54) is 31.4 Å². The molecule has 9 heteroatoms. The lowest BCUT2D eigenvalue weighted by Gasteiger charge is -2.09. The molecule has 1 heterocycles. The van der Waals surface area contributed by atoms with Crippen molar-refractivity contribution in [1.29, 1.82) is 0 Å². The van der Waals surface area contributed by atoms with Crippen LogP contribution < -0.4 is 5.32 Å². The van der Waals surface area contributed by atoms with Gasteiger partial charge in [-0.3, -0.25) is 4.79 Å². The molecule has 0 bridgehead atoms. The highest BCUT2D eigenvalue weighted by molar-refractivity contribution is 8.02. The summed E-state index contributed by atoms with van der Waals surface area (Å²) in [5.41, 5.74) is -0.156. The third kappa shape index (κ3) is 7.48. The maximum atomic E-state index is 13.7. The molecule has 148 valence electrons. The van der Waals surface area contributed by atoms with Crippen molar-refractivity contribution in [2.75, 3.05) is 13.4 Å². The Labute approximate surface area is 166 Å².